The average Bonchev–Trinajstić information content (AvgIpc) is 1.65. The second-order valence-electron chi connectivity index (χ2n) is 23.2. The van der Waals surface area contributed by atoms with Gasteiger partial charge in [0.05, 0.1) is 11.8 Å². The van der Waals surface area contributed by atoms with Crippen molar-refractivity contribution in [1.29, 1.82) is 0 Å². The quantitative estimate of drug-likeness (QED) is 0.0692. The molecule has 2 N–H and O–H groups in total. The van der Waals surface area contributed by atoms with E-state index >= 15 is 0 Å². The molecule has 4 aliphatic heterocycles. The van der Waals surface area contributed by atoms with E-state index in [0.717, 1.165) is 0 Å². The minimum atomic E-state index is 0. The standard InChI is InChI=1S/2C32H28N4.C8H12.2C2H6.CH4.2CH3.3HI.Rh/c2*1-33-19-35(27-17-9-7-15-25(27)33)31-29-21-11-3-5-13-23(21)30(24-14-6-4-12-22(24)29)32(31)36-20-34(2)26-16-8-10-18-28(26)36;1-2-4-6-8-7-5-3-1;2*1-2;;;;;;;/h2*3-20,29-32H,1-2H3;1-2,7-8H,3-6H2;2*1-2H3;1H4;2*1H3;3*1H;/q-2;+2;;;;;2*-1;;;;/p-1/b;;2-1-,8-7?;;;;;;;;;. The molecule has 8 aromatic carbocycles. The van der Waals surface area contributed by atoms with Gasteiger partial charge in [-0.05, 0) is 109 Å². The molecule has 0 saturated carbocycles. The first-order valence-electron chi connectivity index (χ1n) is 31.1. The van der Waals surface area contributed by atoms with Crippen molar-refractivity contribution in [2.24, 2.45) is 0 Å². The van der Waals surface area contributed by atoms with E-state index < -0.39 is 0 Å². The van der Waals surface area contributed by atoms with E-state index in [0.29, 0.717) is 23.9 Å². The third kappa shape index (κ3) is 13.0. The summed E-state index contributed by atoms with van der Waals surface area (Å²) < 4.78 is 4.65. The third-order valence-corrected chi connectivity index (χ3v) is 19.0. The van der Waals surface area contributed by atoms with Crippen LogP contribution in [0.5, 0.6) is 0 Å². The normalized spacial score (nSPS) is 23.5. The molecule has 4 bridgehead atoms. The fraction of sp³-hybridized carbons (Fsp3) is 0.266. The van der Waals surface area contributed by atoms with Crippen molar-refractivity contribution >= 4 is 58.2 Å². The van der Waals surface area contributed by atoms with E-state index in [1.54, 1.807) is 0 Å². The molecule has 6 atom stereocenters. The Labute approximate surface area is 610 Å². The van der Waals surface area contributed by atoms with Gasteiger partial charge in [0.2, 0.25) is 11.4 Å². The summed E-state index contributed by atoms with van der Waals surface area (Å²) in [4.78, 5) is 12.6. The molecule has 7 aliphatic carbocycles. The van der Waals surface area contributed by atoms with E-state index in [2.05, 4.69) is 301 Å². The Bertz CT molecular complexity index is 3510. The van der Waals surface area contributed by atoms with Crippen LogP contribution in [0.2, 0.25) is 0 Å². The van der Waals surface area contributed by atoms with E-state index in [1.165, 1.54) is 125 Å². The van der Waals surface area contributed by atoms with Crippen molar-refractivity contribution in [3.63, 3.8) is 0 Å². The van der Waals surface area contributed by atoms with Gasteiger partial charge in [0, 0.05) is 90.4 Å². The van der Waals surface area contributed by atoms with Crippen LogP contribution in [0.4, 0.5) is 45.5 Å². The molecule has 4 heterocycles. The topological polar surface area (TPSA) is 27.9 Å². The van der Waals surface area contributed by atoms with Crippen LogP contribution < -0.4 is 101 Å². The van der Waals surface area contributed by atoms with Crippen molar-refractivity contribution in [2.45, 2.75) is 109 Å². The van der Waals surface area contributed by atoms with Crippen LogP contribution in [0.25, 0.3) is 0 Å². The van der Waals surface area contributed by atoms with Gasteiger partial charge in [0.25, 0.3) is 11.4 Å². The Balaban J connectivity index is 0.000000231. The first-order chi connectivity index (χ1) is 41.4. The Morgan fingerprint density at radius 1 is 0.363 bits per heavy atom. The van der Waals surface area contributed by atoms with Crippen LogP contribution in [0, 0.1) is 28.2 Å². The number of hydrogen-bond acceptors (Lipinski definition) is 4. The number of anilines is 4. The number of halogens is 3. The predicted octanol–water partition coefficient (Wildman–Crippen LogP) is 6.52. The minimum absolute atomic E-state index is 0. The van der Waals surface area contributed by atoms with Crippen molar-refractivity contribution < 1.29 is 110 Å². The summed E-state index contributed by atoms with van der Waals surface area (Å²) in [5, 5.41) is 0. The van der Waals surface area contributed by atoms with Crippen molar-refractivity contribution in [3.05, 3.63) is 291 Å². The molecule has 0 saturated heterocycles. The molecule has 91 heavy (non-hydrogen) atoms. The number of allylic oxidation sites excluding steroid dienone is 4. The maximum absolute atomic E-state index is 2.57. The minimum Gasteiger partial charge on any atom is -1.00 e. The smallest absolute Gasteiger partial charge is 0.336 e. The predicted molar refractivity (Wildman–Crippen MR) is 368 cm³/mol. The maximum Gasteiger partial charge on any atom is 0.336 e. The molecular formula is C79H92I3N8Rh-3. The van der Waals surface area contributed by atoms with E-state index in [9.17, 15) is 0 Å². The molecule has 0 aromatic heterocycles. The number of benzene rings is 8. The fourth-order valence-electron chi connectivity index (χ4n) is 15.9. The Morgan fingerprint density at radius 3 is 0.901 bits per heavy atom. The molecule has 19 rings (SSSR count). The van der Waals surface area contributed by atoms with Crippen LogP contribution in [-0.4, -0.2) is 74.2 Å². The number of fused-ring (bicyclic) bond motifs is 6. The summed E-state index contributed by atoms with van der Waals surface area (Å²) in [5.41, 5.74) is 22.5. The van der Waals surface area contributed by atoms with Gasteiger partial charge in [-0.1, -0.05) is 205 Å². The van der Waals surface area contributed by atoms with Gasteiger partial charge in [-0.25, -0.2) is 9.80 Å². The van der Waals surface area contributed by atoms with Crippen LogP contribution in [-0.2, 0) is 19.5 Å². The second-order valence-corrected chi connectivity index (χ2v) is 23.2. The van der Waals surface area contributed by atoms with Crippen molar-refractivity contribution in [2.75, 3.05) is 47.8 Å². The summed E-state index contributed by atoms with van der Waals surface area (Å²) in [6.45, 7) is 12.6. The first kappa shape index (κ1) is 74.6. The van der Waals surface area contributed by atoms with E-state index in [-0.39, 0.29) is 138 Å². The Kier molecular flexibility index (Phi) is 26.7. The van der Waals surface area contributed by atoms with Crippen LogP contribution in [0.1, 0.15) is 129 Å². The number of hydrogen-bond donors (Lipinski definition) is 2. The Morgan fingerprint density at radius 2 is 0.604 bits per heavy atom. The van der Waals surface area contributed by atoms with Gasteiger partial charge in [0.15, 0.2) is 12.1 Å². The molecule has 1 radical (unpaired) electrons. The van der Waals surface area contributed by atoms with Gasteiger partial charge in [0.1, 0.15) is 14.1 Å². The molecule has 11 aliphatic rings. The molecule has 0 amide bonds. The maximum atomic E-state index is 2.57. The summed E-state index contributed by atoms with van der Waals surface area (Å²) in [6, 6.07) is 73.5. The largest absolute Gasteiger partial charge is 1.00 e. The molecule has 8 nitrogen and oxygen atoms in total. The van der Waals surface area contributed by atoms with Crippen molar-refractivity contribution in [1.82, 2.24) is 0 Å². The Hall–Kier alpha value is -5.49. The van der Waals surface area contributed by atoms with Crippen LogP contribution >= 0.6 is 0 Å². The molecular weight excluding hydrogens is 1540 g/mol. The zero-order valence-electron chi connectivity index (χ0n) is 53.7. The zero-order chi connectivity index (χ0) is 57.6. The number of nitrogens with zero attached hydrogens (tertiary/aromatic N) is 6. The van der Waals surface area contributed by atoms with Gasteiger partial charge < -0.3 is 106 Å². The summed E-state index contributed by atoms with van der Waals surface area (Å²) in [6.07, 6.45) is 18.8. The summed E-state index contributed by atoms with van der Waals surface area (Å²) in [5.74, 6) is 1.21. The number of nitrogens with one attached hydrogen (secondary N) is 2. The molecule has 0 spiro atoms. The first-order valence-corrected chi connectivity index (χ1v) is 31.1. The summed E-state index contributed by atoms with van der Waals surface area (Å²) >= 11 is 0. The molecule has 6 unspecified atom stereocenters. The van der Waals surface area contributed by atoms with Gasteiger partial charge in [-0.2, -0.15) is 13.3 Å². The molecule has 481 valence electrons. The van der Waals surface area contributed by atoms with E-state index in [4.69, 9.17) is 0 Å². The number of para-hydroxylation sites is 8. The SMILES string of the molecule is C.C1=CCC/C=C\CC1.CC.CC.CN1[CH-]N(C2C3c4ccccc4C(c4ccccc43)C2N2[CH-]N(C)c3ccccc32)c2ccccc21.C[N+]1=C[NH+](C2C3c4ccccc4C(c4ccccc43)C2[NH+]2C=[N+](C)c3ccccc32)c2ccccc21.[CH3-].[CH3-].[I-].[I-].[I-].[Rh]. The third-order valence-electron chi connectivity index (χ3n) is 19.0. The molecule has 8 aromatic rings. The van der Waals surface area contributed by atoms with Crippen LogP contribution in [0.3, 0.4) is 0 Å². The van der Waals surface area contributed by atoms with Crippen molar-refractivity contribution in [3.8, 4) is 0 Å². The molecule has 0 fully saturated rings. The van der Waals surface area contributed by atoms with Gasteiger partial charge in [-0.3, -0.25) is 0 Å². The second kappa shape index (κ2) is 32.6. The fourth-order valence-corrected chi connectivity index (χ4v) is 15.9. The number of quaternary nitrogens is 2. The summed E-state index contributed by atoms with van der Waals surface area (Å²) in [7, 11) is 8.73. The monoisotopic (exact) mass is 1640 g/mol. The molecule has 12 heteroatoms. The zero-order valence-corrected chi connectivity index (χ0v) is 61.8. The van der Waals surface area contributed by atoms with Gasteiger partial charge in [-0.15, -0.1) is 9.15 Å². The van der Waals surface area contributed by atoms with E-state index in [1.807, 2.05) is 27.7 Å². The number of rotatable bonds is 4. The van der Waals surface area contributed by atoms with Crippen LogP contribution in [0.15, 0.2) is 218 Å². The average molecular weight is 1640 g/mol. The van der Waals surface area contributed by atoms with Gasteiger partial charge >= 0.3 is 12.7 Å².